The molecule has 66 valence electrons. The van der Waals surface area contributed by atoms with Crippen molar-refractivity contribution in [2.75, 3.05) is 19.8 Å². The van der Waals surface area contributed by atoms with Gasteiger partial charge in [0.1, 0.15) is 0 Å². The first kappa shape index (κ1) is 8.87. The molecule has 0 amide bonds. The third-order valence-electron chi connectivity index (χ3n) is 2.03. The molecule has 0 radical (unpaired) electrons. The lowest BCUT2D eigenvalue weighted by Gasteiger charge is -2.28. The van der Waals surface area contributed by atoms with Crippen LogP contribution in [0.15, 0.2) is 0 Å². The summed E-state index contributed by atoms with van der Waals surface area (Å²) >= 11 is 0. The van der Waals surface area contributed by atoms with Crippen molar-refractivity contribution in [2.24, 2.45) is 11.7 Å². The number of hydrogen-bond donors (Lipinski definition) is 1. The van der Waals surface area contributed by atoms with Crippen molar-refractivity contribution in [3.8, 4) is 0 Å². The second kappa shape index (κ2) is 3.45. The lowest BCUT2D eigenvalue weighted by atomic mass is 9.95. The number of hydrogen-bond acceptors (Lipinski definition) is 2. The summed E-state index contributed by atoms with van der Waals surface area (Å²) in [6.07, 6.45) is 1.25. The Morgan fingerprint density at radius 2 is 2.27 bits per heavy atom. The third-order valence-corrected chi connectivity index (χ3v) is 2.03. The van der Waals surface area contributed by atoms with Gasteiger partial charge in [0.25, 0.3) is 5.92 Å². The van der Waals surface area contributed by atoms with Crippen LogP contribution in [-0.4, -0.2) is 25.7 Å². The van der Waals surface area contributed by atoms with Crippen molar-refractivity contribution >= 4 is 0 Å². The summed E-state index contributed by atoms with van der Waals surface area (Å²) in [5, 5.41) is 0. The van der Waals surface area contributed by atoms with E-state index in [0.717, 1.165) is 6.42 Å². The highest BCUT2D eigenvalue weighted by atomic mass is 19.3. The molecule has 0 aliphatic carbocycles. The first-order chi connectivity index (χ1) is 5.17. The van der Waals surface area contributed by atoms with E-state index in [1.54, 1.807) is 0 Å². The van der Waals surface area contributed by atoms with E-state index in [1.165, 1.54) is 0 Å². The van der Waals surface area contributed by atoms with E-state index < -0.39 is 18.4 Å². The quantitative estimate of drug-likeness (QED) is 0.662. The predicted molar refractivity (Wildman–Crippen MR) is 37.5 cm³/mol. The summed E-state index contributed by atoms with van der Waals surface area (Å²) in [6, 6.07) is 0. The predicted octanol–water partition coefficient (Wildman–Crippen LogP) is 1.01. The van der Waals surface area contributed by atoms with Gasteiger partial charge in [-0.15, -0.1) is 0 Å². The molecule has 2 N–H and O–H groups in total. The molecule has 1 aliphatic heterocycles. The highest BCUT2D eigenvalue weighted by molar-refractivity contribution is 4.79. The van der Waals surface area contributed by atoms with E-state index in [9.17, 15) is 8.78 Å². The summed E-state index contributed by atoms with van der Waals surface area (Å²) in [6.45, 7) is 0.197. The van der Waals surface area contributed by atoms with E-state index in [1.807, 2.05) is 0 Å². The van der Waals surface area contributed by atoms with Crippen LogP contribution in [0.4, 0.5) is 8.78 Å². The average Bonchev–Trinajstić information content (AvgIpc) is 2.06. The highest BCUT2D eigenvalue weighted by Crippen LogP contribution is 2.29. The van der Waals surface area contributed by atoms with Crippen LogP contribution >= 0.6 is 0 Å². The molecule has 0 saturated carbocycles. The summed E-state index contributed by atoms with van der Waals surface area (Å²) in [5.41, 5.74) is 4.93. The Morgan fingerprint density at radius 3 is 2.73 bits per heavy atom. The molecule has 0 aromatic heterocycles. The van der Waals surface area contributed by atoms with Crippen molar-refractivity contribution in [3.63, 3.8) is 0 Å². The topological polar surface area (TPSA) is 35.2 Å². The summed E-state index contributed by atoms with van der Waals surface area (Å²) in [5.74, 6) is -3.40. The van der Waals surface area contributed by atoms with Crippen LogP contribution in [0.5, 0.6) is 0 Å². The van der Waals surface area contributed by atoms with Gasteiger partial charge in [0.2, 0.25) is 0 Å². The molecule has 0 bridgehead atoms. The first-order valence-corrected chi connectivity index (χ1v) is 3.82. The average molecular weight is 165 g/mol. The summed E-state index contributed by atoms with van der Waals surface area (Å²) in [7, 11) is 0. The Balaban J connectivity index is 2.43. The molecular weight excluding hydrogens is 152 g/mol. The zero-order chi connectivity index (χ0) is 8.32. The number of ether oxygens (including phenoxy) is 1. The van der Waals surface area contributed by atoms with Crippen LogP contribution in [-0.2, 0) is 4.74 Å². The Labute approximate surface area is 64.7 Å². The van der Waals surface area contributed by atoms with Crippen molar-refractivity contribution in [3.05, 3.63) is 0 Å². The van der Waals surface area contributed by atoms with Crippen LogP contribution in [0.2, 0.25) is 0 Å². The van der Waals surface area contributed by atoms with E-state index in [4.69, 9.17) is 10.5 Å². The first-order valence-electron chi connectivity index (χ1n) is 3.82. The molecular formula is C7H13F2NO. The van der Waals surface area contributed by atoms with Crippen molar-refractivity contribution in [1.82, 2.24) is 0 Å². The van der Waals surface area contributed by atoms with Gasteiger partial charge < -0.3 is 10.5 Å². The van der Waals surface area contributed by atoms with E-state index >= 15 is 0 Å². The molecule has 1 saturated heterocycles. The monoisotopic (exact) mass is 165 g/mol. The van der Waals surface area contributed by atoms with Crippen molar-refractivity contribution in [1.29, 1.82) is 0 Å². The molecule has 0 aromatic carbocycles. The van der Waals surface area contributed by atoms with Crippen LogP contribution in [0.3, 0.4) is 0 Å². The maximum absolute atomic E-state index is 12.8. The minimum absolute atomic E-state index is 0.157. The SMILES string of the molecule is NCC(F)(F)C1CCCOC1. The van der Waals surface area contributed by atoms with Crippen molar-refractivity contribution in [2.45, 2.75) is 18.8 Å². The second-order valence-corrected chi connectivity index (χ2v) is 2.88. The van der Waals surface area contributed by atoms with Gasteiger partial charge in [-0.25, -0.2) is 8.78 Å². The Bertz CT molecular complexity index is 124. The maximum Gasteiger partial charge on any atom is 0.265 e. The Hall–Kier alpha value is -0.220. The lowest BCUT2D eigenvalue weighted by Crippen LogP contribution is -2.40. The van der Waals surface area contributed by atoms with Crippen LogP contribution in [0.25, 0.3) is 0 Å². The van der Waals surface area contributed by atoms with Gasteiger partial charge >= 0.3 is 0 Å². The van der Waals surface area contributed by atoms with Gasteiger partial charge in [-0.1, -0.05) is 0 Å². The fourth-order valence-corrected chi connectivity index (χ4v) is 1.24. The third kappa shape index (κ3) is 2.10. The van der Waals surface area contributed by atoms with Gasteiger partial charge in [-0.05, 0) is 12.8 Å². The van der Waals surface area contributed by atoms with Crippen LogP contribution in [0, 0.1) is 5.92 Å². The van der Waals surface area contributed by atoms with E-state index in [2.05, 4.69) is 0 Å². The van der Waals surface area contributed by atoms with Crippen LogP contribution in [0.1, 0.15) is 12.8 Å². The molecule has 1 atom stereocenters. The molecule has 0 spiro atoms. The molecule has 0 aromatic rings. The van der Waals surface area contributed by atoms with E-state index in [-0.39, 0.29) is 6.61 Å². The molecule has 1 unspecified atom stereocenters. The maximum atomic E-state index is 12.8. The molecule has 1 aliphatic rings. The normalized spacial score (nSPS) is 27.0. The zero-order valence-corrected chi connectivity index (χ0v) is 6.35. The Morgan fingerprint density at radius 1 is 1.55 bits per heavy atom. The fraction of sp³-hybridized carbons (Fsp3) is 1.00. The number of rotatable bonds is 2. The van der Waals surface area contributed by atoms with Crippen LogP contribution < -0.4 is 5.73 Å². The Kier molecular flexibility index (Phi) is 2.78. The minimum Gasteiger partial charge on any atom is -0.381 e. The number of nitrogens with two attached hydrogens (primary N) is 1. The van der Waals surface area contributed by atoms with Crippen molar-refractivity contribution < 1.29 is 13.5 Å². The number of halogens is 2. The van der Waals surface area contributed by atoms with Gasteiger partial charge in [-0.2, -0.15) is 0 Å². The zero-order valence-electron chi connectivity index (χ0n) is 6.35. The van der Waals surface area contributed by atoms with E-state index in [0.29, 0.717) is 13.0 Å². The fourth-order valence-electron chi connectivity index (χ4n) is 1.24. The van der Waals surface area contributed by atoms with Gasteiger partial charge in [-0.3, -0.25) is 0 Å². The molecule has 11 heavy (non-hydrogen) atoms. The van der Waals surface area contributed by atoms with Gasteiger partial charge in [0.15, 0.2) is 0 Å². The highest BCUT2D eigenvalue weighted by Gasteiger charge is 2.38. The molecule has 2 nitrogen and oxygen atoms in total. The van der Waals surface area contributed by atoms with Gasteiger partial charge in [0.05, 0.1) is 13.2 Å². The molecule has 1 heterocycles. The smallest absolute Gasteiger partial charge is 0.265 e. The summed E-state index contributed by atoms with van der Waals surface area (Å²) < 4.78 is 30.6. The summed E-state index contributed by atoms with van der Waals surface area (Å²) in [4.78, 5) is 0. The standard InChI is InChI=1S/C7H13F2NO/c8-7(9,5-10)6-2-1-3-11-4-6/h6H,1-5,10H2. The van der Waals surface area contributed by atoms with Gasteiger partial charge in [0, 0.05) is 12.5 Å². The molecule has 1 fully saturated rings. The molecule has 1 rings (SSSR count). The molecule has 4 heteroatoms. The number of alkyl halides is 2. The lowest BCUT2D eigenvalue weighted by molar-refractivity contribution is -0.101. The largest absolute Gasteiger partial charge is 0.381 e. The minimum atomic E-state index is -2.74. The second-order valence-electron chi connectivity index (χ2n) is 2.88.